The lowest BCUT2D eigenvalue weighted by atomic mass is 10.1. The van der Waals surface area contributed by atoms with E-state index in [-0.39, 0.29) is 29.5 Å². The van der Waals surface area contributed by atoms with Gasteiger partial charge in [0.05, 0.1) is 55.0 Å². The van der Waals surface area contributed by atoms with Crippen LogP contribution in [0, 0.1) is 6.92 Å². The molecule has 0 bridgehead atoms. The largest absolute Gasteiger partial charge is 0.494 e. The molecular weight excluding hydrogens is 550 g/mol. The van der Waals surface area contributed by atoms with Gasteiger partial charge in [0.1, 0.15) is 11.4 Å². The second-order valence-electron chi connectivity index (χ2n) is 8.36. The monoisotopic (exact) mass is 572 g/mol. The molecule has 3 N–H and O–H groups in total. The first kappa shape index (κ1) is 27.0. The van der Waals surface area contributed by atoms with Gasteiger partial charge in [-0.25, -0.2) is 17.2 Å². The van der Waals surface area contributed by atoms with Crippen LogP contribution in [0.1, 0.15) is 14.5 Å². The number of methoxy groups -OCH3 is 1. The summed E-state index contributed by atoms with van der Waals surface area (Å²) in [5, 5.41) is 11.8. The lowest BCUT2D eigenvalue weighted by Crippen LogP contribution is -2.56. The Morgan fingerprint density at radius 3 is 2.59 bits per heavy atom. The summed E-state index contributed by atoms with van der Waals surface area (Å²) in [6.45, 7) is 0.505. The van der Waals surface area contributed by atoms with Gasteiger partial charge in [0.15, 0.2) is 0 Å². The van der Waals surface area contributed by atoms with Crippen molar-refractivity contribution >= 4 is 55.9 Å². The number of anilines is 3. The minimum atomic E-state index is -3.78. The maximum Gasteiger partial charge on any atom is 0.282 e. The fourth-order valence-electron chi connectivity index (χ4n) is 3.75. The molecule has 198 valence electrons. The van der Waals surface area contributed by atoms with Crippen molar-refractivity contribution in [3.63, 3.8) is 0 Å². The van der Waals surface area contributed by atoms with Gasteiger partial charge < -0.3 is 20.1 Å². The van der Waals surface area contributed by atoms with Crippen LogP contribution in [0.3, 0.4) is 0 Å². The zero-order chi connectivity index (χ0) is 27.0. The lowest BCUT2D eigenvalue weighted by molar-refractivity contribution is -0.0263. The molecule has 14 heteroatoms. The van der Waals surface area contributed by atoms with Gasteiger partial charge in [-0.15, -0.1) is 11.3 Å². The molecule has 3 aromatic rings. The summed E-state index contributed by atoms with van der Waals surface area (Å²) >= 11 is 7.31. The molecule has 0 atom stereocenters. The van der Waals surface area contributed by atoms with E-state index >= 15 is 0 Å². The number of rotatable bonds is 9. The number of benzene rings is 1. The number of nitrogens with one attached hydrogen (secondary N) is 2. The van der Waals surface area contributed by atoms with E-state index in [4.69, 9.17) is 21.4 Å². The van der Waals surface area contributed by atoms with E-state index in [1.165, 1.54) is 47.7 Å². The summed E-state index contributed by atoms with van der Waals surface area (Å²) in [5.41, 5.74) is 2.03. The molecule has 37 heavy (non-hydrogen) atoms. The van der Waals surface area contributed by atoms with E-state index in [0.717, 1.165) is 4.88 Å². The Morgan fingerprint density at radius 2 is 1.95 bits per heavy atom. The molecule has 1 aliphatic rings. The Hall–Kier alpha value is -3.00. The number of carbonyl (C=O) groups excluding carboxylic acids is 1. The number of nitrogens with zero attached hydrogens (tertiary/aromatic N) is 2. The molecule has 1 amide bonds. The quantitative estimate of drug-likeness (QED) is 0.351. The number of amides is 1. The Kier molecular flexibility index (Phi) is 7.60. The van der Waals surface area contributed by atoms with Crippen LogP contribution in [-0.4, -0.2) is 62.9 Å². The summed E-state index contributed by atoms with van der Waals surface area (Å²) in [6.07, 6.45) is 1.50. The minimum absolute atomic E-state index is 0.133. The van der Waals surface area contributed by atoms with E-state index in [1.807, 2.05) is 6.92 Å². The smallest absolute Gasteiger partial charge is 0.282 e. The van der Waals surface area contributed by atoms with Gasteiger partial charge in [-0.05, 0) is 31.2 Å². The number of alkyl halides is 2. The molecule has 0 spiro atoms. The predicted octanol–water partition coefficient (Wildman–Crippen LogP) is 4.22. The van der Waals surface area contributed by atoms with Crippen LogP contribution in [0.15, 0.2) is 36.5 Å². The summed E-state index contributed by atoms with van der Waals surface area (Å²) in [6, 6.07) is 7.53. The third-order valence-electron chi connectivity index (χ3n) is 5.45. The Balaban J connectivity index is 1.54. The van der Waals surface area contributed by atoms with Crippen LogP contribution in [0.4, 0.5) is 25.8 Å². The van der Waals surface area contributed by atoms with Gasteiger partial charge >= 0.3 is 0 Å². The highest BCUT2D eigenvalue weighted by Crippen LogP contribution is 2.39. The molecular formula is C23H23ClF2N4O5S2. The first-order valence-electron chi connectivity index (χ1n) is 10.9. The van der Waals surface area contributed by atoms with Crippen molar-refractivity contribution in [3.8, 4) is 17.0 Å². The number of sulfonamides is 1. The molecule has 1 aliphatic heterocycles. The van der Waals surface area contributed by atoms with Crippen LogP contribution in [0.5, 0.6) is 5.75 Å². The Labute approximate surface area is 221 Å². The molecule has 1 saturated heterocycles. The summed E-state index contributed by atoms with van der Waals surface area (Å²) in [7, 11) is -2.32. The van der Waals surface area contributed by atoms with Crippen molar-refractivity contribution in [2.45, 2.75) is 12.8 Å². The van der Waals surface area contributed by atoms with E-state index in [1.54, 1.807) is 12.1 Å². The third-order valence-corrected chi connectivity index (χ3v) is 7.99. The topological polar surface area (TPSA) is 121 Å². The minimum Gasteiger partial charge on any atom is -0.494 e. The van der Waals surface area contributed by atoms with Gasteiger partial charge in [0.2, 0.25) is 10.0 Å². The summed E-state index contributed by atoms with van der Waals surface area (Å²) in [4.78, 5) is 20.0. The number of hydrogen-bond acceptors (Lipinski definition) is 8. The van der Waals surface area contributed by atoms with Crippen LogP contribution in [0.25, 0.3) is 11.3 Å². The highest BCUT2D eigenvalue weighted by Gasteiger charge is 2.44. The molecule has 1 fully saturated rings. The molecule has 0 saturated carbocycles. The summed E-state index contributed by atoms with van der Waals surface area (Å²) < 4.78 is 58.2. The maximum absolute atomic E-state index is 13.3. The highest BCUT2D eigenvalue weighted by molar-refractivity contribution is 7.92. The number of carbonyl (C=O) groups is 1. The van der Waals surface area contributed by atoms with Gasteiger partial charge in [-0.1, -0.05) is 11.6 Å². The first-order valence-corrected chi connectivity index (χ1v) is 13.8. The SMILES string of the molecule is COc1cc(N2CC(F)(F)C2)cnc1-c1cc(C(=O)Nc2cc(Cl)cc(NS(=O)(=O)CCO)c2)sc1C. The average molecular weight is 573 g/mol. The van der Waals surface area contributed by atoms with Gasteiger partial charge in [0, 0.05) is 27.2 Å². The van der Waals surface area contributed by atoms with E-state index < -0.39 is 34.2 Å². The Bertz CT molecular complexity index is 1440. The van der Waals surface area contributed by atoms with Gasteiger partial charge in [-0.2, -0.15) is 0 Å². The van der Waals surface area contributed by atoms with Crippen LogP contribution in [0.2, 0.25) is 5.02 Å². The van der Waals surface area contributed by atoms with Crippen molar-refractivity contribution in [2.24, 2.45) is 0 Å². The second-order valence-corrected chi connectivity index (χ2v) is 11.9. The molecule has 2 aromatic heterocycles. The maximum atomic E-state index is 13.3. The number of aliphatic hydroxyl groups is 1. The number of ether oxygens (including phenoxy) is 1. The molecule has 0 unspecified atom stereocenters. The molecule has 1 aromatic carbocycles. The highest BCUT2D eigenvalue weighted by atomic mass is 35.5. The van der Waals surface area contributed by atoms with Crippen molar-refractivity contribution in [2.75, 3.05) is 47.5 Å². The second kappa shape index (κ2) is 10.4. The number of aliphatic hydroxyl groups excluding tert-OH is 1. The standard InChI is InChI=1S/C23H23ClF2N4O5S2/c1-13-18(21-19(35-2)8-17(10-27-21)30-11-23(25,26)12-30)9-20(36-13)22(32)28-15-5-14(24)6-16(7-15)29-37(33,34)4-3-31/h5-10,29,31H,3-4,11-12H2,1-2H3,(H,28,32). The zero-order valence-corrected chi connectivity index (χ0v) is 22.1. The number of aromatic nitrogens is 1. The van der Waals surface area contributed by atoms with Crippen LogP contribution >= 0.6 is 22.9 Å². The predicted molar refractivity (Wildman–Crippen MR) is 140 cm³/mol. The normalized spacial score (nSPS) is 14.7. The van der Waals surface area contributed by atoms with Crippen molar-refractivity contribution in [1.82, 2.24) is 4.98 Å². The molecule has 4 rings (SSSR count). The Morgan fingerprint density at radius 1 is 1.24 bits per heavy atom. The van der Waals surface area contributed by atoms with E-state index in [0.29, 0.717) is 27.6 Å². The fourth-order valence-corrected chi connectivity index (χ4v) is 5.72. The van der Waals surface area contributed by atoms with Crippen molar-refractivity contribution < 1.29 is 31.8 Å². The molecule has 0 aliphatic carbocycles. The first-order chi connectivity index (χ1) is 17.4. The van der Waals surface area contributed by atoms with Crippen molar-refractivity contribution in [3.05, 3.63) is 51.3 Å². The number of aryl methyl sites for hydroxylation is 1. The average Bonchev–Trinajstić information content (AvgIpc) is 3.17. The van der Waals surface area contributed by atoms with Gasteiger partial charge in [-0.3, -0.25) is 14.5 Å². The number of pyridine rings is 1. The van der Waals surface area contributed by atoms with Crippen LogP contribution in [-0.2, 0) is 10.0 Å². The number of thiophene rings is 1. The van der Waals surface area contributed by atoms with Crippen LogP contribution < -0.4 is 19.7 Å². The van der Waals surface area contributed by atoms with Gasteiger partial charge in [0.25, 0.3) is 11.8 Å². The van der Waals surface area contributed by atoms with E-state index in [9.17, 15) is 22.0 Å². The molecule has 9 nitrogen and oxygen atoms in total. The zero-order valence-electron chi connectivity index (χ0n) is 19.7. The fraction of sp³-hybridized carbons (Fsp3) is 0.304. The van der Waals surface area contributed by atoms with E-state index in [2.05, 4.69) is 15.0 Å². The third kappa shape index (κ3) is 6.29. The molecule has 0 radical (unpaired) electrons. The summed E-state index contributed by atoms with van der Waals surface area (Å²) in [5.74, 6) is -3.27. The number of halogens is 3. The van der Waals surface area contributed by atoms with Crippen molar-refractivity contribution in [1.29, 1.82) is 0 Å². The molecule has 3 heterocycles. The number of hydrogen-bond donors (Lipinski definition) is 3. The lowest BCUT2D eigenvalue weighted by Gasteiger charge is -2.40.